The average Bonchev–Trinajstić information content (AvgIpc) is 2.74. The van der Waals surface area contributed by atoms with Gasteiger partial charge in [0.25, 0.3) is 0 Å². The summed E-state index contributed by atoms with van der Waals surface area (Å²) in [5.41, 5.74) is 6.30. The maximum atomic E-state index is 10.4. The normalized spacial score (nSPS) is 12.2. The highest BCUT2D eigenvalue weighted by molar-refractivity contribution is 5.73. The van der Waals surface area contributed by atoms with Gasteiger partial charge in [-0.05, 0) is 37.7 Å². The highest BCUT2D eigenvalue weighted by atomic mass is 16.4. The van der Waals surface area contributed by atoms with Crippen molar-refractivity contribution in [2.24, 2.45) is 5.73 Å². The van der Waals surface area contributed by atoms with Crippen molar-refractivity contribution < 1.29 is 14.4 Å². The second-order valence-electron chi connectivity index (χ2n) is 8.28. The van der Waals surface area contributed by atoms with E-state index in [0.717, 1.165) is 5.56 Å². The number of rotatable bonds is 15. The van der Waals surface area contributed by atoms with E-state index in [1.54, 1.807) is 0 Å². The number of nitrogens with two attached hydrogens (primary N) is 1. The topological polar surface area (TPSA) is 63.3 Å². The number of aliphatic carboxylic acids is 1. The van der Waals surface area contributed by atoms with Gasteiger partial charge in [-0.15, -0.1) is 0 Å². The van der Waals surface area contributed by atoms with Crippen LogP contribution in [-0.4, -0.2) is 47.8 Å². The molecule has 0 saturated carbocycles. The van der Waals surface area contributed by atoms with Crippen LogP contribution in [0.4, 0.5) is 0 Å². The molecule has 3 N–H and O–H groups in total. The Morgan fingerprint density at radius 3 is 1.52 bits per heavy atom. The summed E-state index contributed by atoms with van der Waals surface area (Å²) >= 11 is 0. The first-order chi connectivity index (χ1) is 13.9. The van der Waals surface area contributed by atoms with Crippen LogP contribution in [0.25, 0.3) is 0 Å². The fraction of sp³-hybridized carbons (Fsp3) is 0.720. The molecule has 1 atom stereocenters. The Kier molecular flexibility index (Phi) is 16.6. The number of carboxylic acids is 1. The Morgan fingerprint density at radius 1 is 0.828 bits per heavy atom. The van der Waals surface area contributed by atoms with Crippen LogP contribution in [0, 0.1) is 0 Å². The van der Waals surface area contributed by atoms with Crippen LogP contribution in [-0.2, 0) is 11.2 Å². The fourth-order valence-electron chi connectivity index (χ4n) is 3.60. The summed E-state index contributed by atoms with van der Waals surface area (Å²) in [6.45, 7) is 15.0. The van der Waals surface area contributed by atoms with E-state index >= 15 is 0 Å². The van der Waals surface area contributed by atoms with Gasteiger partial charge in [0.05, 0.1) is 26.2 Å². The van der Waals surface area contributed by atoms with Crippen molar-refractivity contribution in [1.29, 1.82) is 0 Å². The maximum Gasteiger partial charge on any atom is 0.320 e. The lowest BCUT2D eigenvalue weighted by Gasteiger charge is -2.39. The van der Waals surface area contributed by atoms with Gasteiger partial charge in [0.15, 0.2) is 0 Å². The van der Waals surface area contributed by atoms with Gasteiger partial charge in [0.1, 0.15) is 6.04 Å². The van der Waals surface area contributed by atoms with Crippen LogP contribution in [0.5, 0.6) is 0 Å². The lowest BCUT2D eigenvalue weighted by Crippen LogP contribution is -2.50. The molecule has 4 nitrogen and oxygen atoms in total. The Labute approximate surface area is 180 Å². The van der Waals surface area contributed by atoms with Crippen molar-refractivity contribution >= 4 is 5.97 Å². The van der Waals surface area contributed by atoms with Gasteiger partial charge in [-0.2, -0.15) is 0 Å². The summed E-state index contributed by atoms with van der Waals surface area (Å²) in [4.78, 5) is 10.4. The van der Waals surface area contributed by atoms with E-state index < -0.39 is 12.0 Å². The molecular formula is C25H47N2O2+. The van der Waals surface area contributed by atoms with Crippen LogP contribution in [0.2, 0.25) is 0 Å². The number of hydrogen-bond donors (Lipinski definition) is 2. The third kappa shape index (κ3) is 13.5. The molecule has 0 aliphatic heterocycles. The highest BCUT2D eigenvalue weighted by Crippen LogP contribution is 2.16. The molecule has 0 heterocycles. The summed E-state index contributed by atoms with van der Waals surface area (Å²) in [6.07, 6.45) is 11.4. The monoisotopic (exact) mass is 407 g/mol. The number of nitrogens with zero attached hydrogens (tertiary/aromatic N) is 1. The minimum absolute atomic E-state index is 0.385. The summed E-state index contributed by atoms with van der Waals surface area (Å²) < 4.78 is 1.42. The van der Waals surface area contributed by atoms with Crippen molar-refractivity contribution in [3.8, 4) is 0 Å². The predicted molar refractivity (Wildman–Crippen MR) is 125 cm³/mol. The zero-order valence-electron chi connectivity index (χ0n) is 19.5. The number of benzene rings is 1. The fourth-order valence-corrected chi connectivity index (χ4v) is 3.60. The Balaban J connectivity index is 0.000000571. The van der Waals surface area contributed by atoms with E-state index in [-0.39, 0.29) is 0 Å². The minimum Gasteiger partial charge on any atom is -0.480 e. The van der Waals surface area contributed by atoms with Crippen LogP contribution < -0.4 is 5.73 Å². The molecule has 0 bridgehead atoms. The van der Waals surface area contributed by atoms with Gasteiger partial charge in [0, 0.05) is 0 Å². The maximum absolute atomic E-state index is 10.4. The molecule has 1 unspecified atom stereocenters. The predicted octanol–water partition coefficient (Wildman–Crippen LogP) is 5.64. The van der Waals surface area contributed by atoms with E-state index in [0.29, 0.717) is 6.42 Å². The highest BCUT2D eigenvalue weighted by Gasteiger charge is 2.24. The number of hydrogen-bond acceptors (Lipinski definition) is 2. The Bertz CT molecular complexity index is 467. The molecule has 0 spiro atoms. The molecule has 0 aromatic heterocycles. The van der Waals surface area contributed by atoms with Gasteiger partial charge in [0.2, 0.25) is 0 Å². The molecule has 0 saturated heterocycles. The van der Waals surface area contributed by atoms with E-state index in [1.807, 2.05) is 30.3 Å². The van der Waals surface area contributed by atoms with E-state index in [2.05, 4.69) is 27.7 Å². The second-order valence-corrected chi connectivity index (χ2v) is 8.28. The molecule has 0 aliphatic rings. The smallest absolute Gasteiger partial charge is 0.320 e. The van der Waals surface area contributed by atoms with E-state index in [1.165, 1.54) is 82.0 Å². The van der Waals surface area contributed by atoms with Gasteiger partial charge in [-0.25, -0.2) is 0 Å². The molecule has 0 radical (unpaired) electrons. The Hall–Kier alpha value is -1.39. The van der Waals surface area contributed by atoms with Gasteiger partial charge >= 0.3 is 5.97 Å². The third-order valence-corrected chi connectivity index (χ3v) is 5.56. The third-order valence-electron chi connectivity index (χ3n) is 5.56. The van der Waals surface area contributed by atoms with Gasteiger partial charge in [-0.1, -0.05) is 83.7 Å². The largest absolute Gasteiger partial charge is 0.480 e. The zero-order valence-corrected chi connectivity index (χ0v) is 19.5. The molecule has 168 valence electrons. The quantitative estimate of drug-likeness (QED) is 0.370. The van der Waals surface area contributed by atoms with Crippen molar-refractivity contribution in [3.63, 3.8) is 0 Å². The number of carboxylic acid groups (broad SMARTS) is 1. The first-order valence-corrected chi connectivity index (χ1v) is 11.8. The second kappa shape index (κ2) is 17.5. The molecule has 4 heteroatoms. The summed E-state index contributed by atoms with van der Waals surface area (Å²) in [5.74, 6) is -0.959. The molecule has 0 fully saturated rings. The first-order valence-electron chi connectivity index (χ1n) is 11.8. The van der Waals surface area contributed by atoms with Crippen LogP contribution in [0.15, 0.2) is 30.3 Å². The van der Waals surface area contributed by atoms with Gasteiger partial charge < -0.3 is 15.3 Å². The van der Waals surface area contributed by atoms with E-state index in [9.17, 15) is 4.79 Å². The zero-order chi connectivity index (χ0) is 22.0. The first kappa shape index (κ1) is 27.6. The van der Waals surface area contributed by atoms with Crippen molar-refractivity contribution in [1.82, 2.24) is 0 Å². The number of unbranched alkanes of at least 4 members (excludes halogenated alkanes) is 4. The molecule has 29 heavy (non-hydrogen) atoms. The van der Waals surface area contributed by atoms with Crippen molar-refractivity contribution in [2.45, 2.75) is 91.5 Å². The lowest BCUT2D eigenvalue weighted by molar-refractivity contribution is -0.929. The molecule has 0 amide bonds. The average molecular weight is 408 g/mol. The molecule has 1 rings (SSSR count). The van der Waals surface area contributed by atoms with Crippen LogP contribution >= 0.6 is 0 Å². The minimum atomic E-state index is -0.959. The van der Waals surface area contributed by atoms with Crippen molar-refractivity contribution in [2.75, 3.05) is 26.2 Å². The molecular weight excluding hydrogens is 360 g/mol. The SMILES string of the molecule is CCCC[N+](CCCC)(CCCC)CCCC.NC(Cc1ccccc1)C(=O)O. The molecule has 0 aliphatic carbocycles. The molecule has 1 aromatic rings. The van der Waals surface area contributed by atoms with E-state index in [4.69, 9.17) is 10.8 Å². The van der Waals surface area contributed by atoms with Gasteiger partial charge in [-0.3, -0.25) is 4.79 Å². The summed E-state index contributed by atoms with van der Waals surface area (Å²) in [7, 11) is 0. The lowest BCUT2D eigenvalue weighted by atomic mass is 10.1. The van der Waals surface area contributed by atoms with Crippen LogP contribution in [0.3, 0.4) is 0 Å². The van der Waals surface area contributed by atoms with Crippen LogP contribution in [0.1, 0.15) is 84.6 Å². The number of quaternary nitrogens is 1. The Morgan fingerprint density at radius 2 is 1.21 bits per heavy atom. The summed E-state index contributed by atoms with van der Waals surface area (Å²) in [5, 5.41) is 8.52. The standard InChI is InChI=1S/C16H36N.C9H11NO2/c1-5-9-13-17(14-10-6-2,15-11-7-3)16-12-8-4;10-8(9(11)12)6-7-4-2-1-3-5-7/h5-16H2,1-4H3;1-5,8H,6,10H2,(H,11,12)/q+1;. The molecule has 1 aromatic carbocycles. The summed E-state index contributed by atoms with van der Waals surface area (Å²) in [6, 6.07) is 8.54. The number of carbonyl (C=O) groups is 1. The van der Waals surface area contributed by atoms with Crippen molar-refractivity contribution in [3.05, 3.63) is 35.9 Å².